The van der Waals surface area contributed by atoms with Crippen LogP contribution in [-0.4, -0.2) is 18.1 Å². The molecule has 1 N–H and O–H groups in total. The molecule has 0 unspecified atom stereocenters. The third-order valence-electron chi connectivity index (χ3n) is 3.40. The number of unbranched alkanes of at least 4 members (excludes halogenated alkanes) is 10. The van der Waals surface area contributed by atoms with E-state index in [-0.39, 0.29) is 0 Å². The van der Waals surface area contributed by atoms with E-state index in [2.05, 4.69) is 13.8 Å². The SMILES string of the molecule is CCCCCCCCOOP(O)OOCCCCCCCC. The lowest BCUT2D eigenvalue weighted by Gasteiger charge is -2.08. The van der Waals surface area contributed by atoms with Gasteiger partial charge in [0.05, 0.1) is 13.2 Å². The minimum Gasteiger partial charge on any atom is -0.325 e. The van der Waals surface area contributed by atoms with Gasteiger partial charge in [-0.25, -0.2) is 9.78 Å². The van der Waals surface area contributed by atoms with Crippen LogP contribution in [0.25, 0.3) is 0 Å². The predicted molar refractivity (Wildman–Crippen MR) is 90.0 cm³/mol. The molecule has 0 saturated heterocycles. The van der Waals surface area contributed by atoms with Crippen molar-refractivity contribution in [2.24, 2.45) is 0 Å². The molecule has 6 heteroatoms. The van der Waals surface area contributed by atoms with E-state index in [4.69, 9.17) is 19.1 Å². The van der Waals surface area contributed by atoms with Gasteiger partial charge in [0.25, 0.3) is 0 Å². The Morgan fingerprint density at radius 2 is 0.955 bits per heavy atom. The zero-order valence-electron chi connectivity index (χ0n) is 14.4. The van der Waals surface area contributed by atoms with Crippen LogP contribution in [-0.2, 0) is 19.1 Å². The molecule has 0 aromatic carbocycles. The van der Waals surface area contributed by atoms with Crippen molar-refractivity contribution in [3.8, 4) is 0 Å². The van der Waals surface area contributed by atoms with Crippen LogP contribution < -0.4 is 0 Å². The zero-order chi connectivity index (χ0) is 16.3. The van der Waals surface area contributed by atoms with Crippen LogP contribution in [0.5, 0.6) is 0 Å². The first-order valence-corrected chi connectivity index (χ1v) is 10.0. The average Bonchev–Trinajstić information content (AvgIpc) is 2.52. The van der Waals surface area contributed by atoms with E-state index < -0.39 is 8.60 Å². The Hall–Kier alpha value is 0.230. The Morgan fingerprint density at radius 3 is 1.36 bits per heavy atom. The molecule has 0 spiro atoms. The fraction of sp³-hybridized carbons (Fsp3) is 1.00. The molecular weight excluding hydrogens is 303 g/mol. The first-order chi connectivity index (χ1) is 10.8. The third kappa shape index (κ3) is 18.3. The number of hydrogen-bond donors (Lipinski definition) is 1. The Kier molecular flexibility index (Phi) is 19.5. The van der Waals surface area contributed by atoms with Gasteiger partial charge in [-0.2, -0.15) is 9.35 Å². The van der Waals surface area contributed by atoms with Gasteiger partial charge in [-0.1, -0.05) is 78.1 Å². The summed E-state index contributed by atoms with van der Waals surface area (Å²) in [4.78, 5) is 19.2. The van der Waals surface area contributed by atoms with Crippen molar-refractivity contribution in [3.63, 3.8) is 0 Å². The summed E-state index contributed by atoms with van der Waals surface area (Å²) in [5, 5.41) is 0. The lowest BCUT2D eigenvalue weighted by atomic mass is 10.1. The Morgan fingerprint density at radius 1 is 0.591 bits per heavy atom. The summed E-state index contributed by atoms with van der Waals surface area (Å²) in [7, 11) is -2.09. The molecule has 0 aliphatic heterocycles. The Bertz CT molecular complexity index is 187. The van der Waals surface area contributed by atoms with E-state index in [1.807, 2.05) is 0 Å². The highest BCUT2D eigenvalue weighted by Gasteiger charge is 2.09. The van der Waals surface area contributed by atoms with Crippen molar-refractivity contribution in [2.75, 3.05) is 13.2 Å². The maximum Gasteiger partial charge on any atom is 0.389 e. The Labute approximate surface area is 137 Å². The molecule has 5 nitrogen and oxygen atoms in total. The third-order valence-corrected chi connectivity index (χ3v) is 3.86. The van der Waals surface area contributed by atoms with Crippen molar-refractivity contribution in [3.05, 3.63) is 0 Å². The minimum atomic E-state index is -2.09. The summed E-state index contributed by atoms with van der Waals surface area (Å²) in [5.41, 5.74) is 0. The van der Waals surface area contributed by atoms with Crippen LogP contribution in [0, 0.1) is 0 Å². The van der Waals surface area contributed by atoms with Gasteiger partial charge in [-0.3, -0.25) is 0 Å². The standard InChI is InChI=1S/C16H35O5P/c1-3-5-7-9-11-13-15-18-20-22(17)21-19-16-14-12-10-8-6-4-2/h17H,3-16H2,1-2H3. The van der Waals surface area contributed by atoms with Gasteiger partial charge >= 0.3 is 8.60 Å². The molecule has 22 heavy (non-hydrogen) atoms. The van der Waals surface area contributed by atoms with Crippen molar-refractivity contribution >= 4 is 8.60 Å². The molecule has 0 amide bonds. The quantitative estimate of drug-likeness (QED) is 0.148. The van der Waals surface area contributed by atoms with E-state index in [9.17, 15) is 4.89 Å². The second-order valence-corrected chi connectivity index (χ2v) is 6.34. The fourth-order valence-electron chi connectivity index (χ4n) is 2.06. The molecule has 0 atom stereocenters. The monoisotopic (exact) mass is 338 g/mol. The van der Waals surface area contributed by atoms with Gasteiger partial charge in [-0.15, -0.1) is 0 Å². The van der Waals surface area contributed by atoms with Gasteiger partial charge in [0, 0.05) is 0 Å². The molecule has 0 aromatic rings. The van der Waals surface area contributed by atoms with Crippen LogP contribution >= 0.6 is 8.60 Å². The van der Waals surface area contributed by atoms with Crippen molar-refractivity contribution in [2.45, 2.75) is 90.9 Å². The van der Waals surface area contributed by atoms with Gasteiger partial charge in [-0.05, 0) is 12.8 Å². The van der Waals surface area contributed by atoms with E-state index in [0.717, 1.165) is 25.7 Å². The molecule has 0 fully saturated rings. The summed E-state index contributed by atoms with van der Waals surface area (Å²) < 4.78 is 9.40. The van der Waals surface area contributed by atoms with Crippen molar-refractivity contribution in [1.29, 1.82) is 0 Å². The van der Waals surface area contributed by atoms with E-state index in [1.54, 1.807) is 0 Å². The normalized spacial score (nSPS) is 11.5. The van der Waals surface area contributed by atoms with Gasteiger partial charge < -0.3 is 4.89 Å². The lowest BCUT2D eigenvalue weighted by Crippen LogP contribution is -1.98. The highest BCUT2D eigenvalue weighted by atomic mass is 31.2. The molecule has 0 aliphatic rings. The second-order valence-electron chi connectivity index (χ2n) is 5.57. The topological polar surface area (TPSA) is 57.2 Å². The molecule has 0 bridgehead atoms. The van der Waals surface area contributed by atoms with Crippen LogP contribution in [0.15, 0.2) is 0 Å². The van der Waals surface area contributed by atoms with Crippen molar-refractivity contribution < 1.29 is 24.0 Å². The summed E-state index contributed by atoms with van der Waals surface area (Å²) in [6.45, 7) is 5.36. The number of hydrogen-bond acceptors (Lipinski definition) is 5. The largest absolute Gasteiger partial charge is 0.389 e. The summed E-state index contributed by atoms with van der Waals surface area (Å²) in [6, 6.07) is 0. The summed E-state index contributed by atoms with van der Waals surface area (Å²) >= 11 is 0. The molecule has 0 heterocycles. The second kappa shape index (κ2) is 19.3. The molecular formula is C16H35O5P. The highest BCUT2D eigenvalue weighted by Crippen LogP contribution is 2.33. The molecule has 0 rings (SSSR count). The minimum absolute atomic E-state index is 0.478. The summed E-state index contributed by atoms with van der Waals surface area (Å²) in [5.74, 6) is 0. The maximum absolute atomic E-state index is 9.36. The van der Waals surface area contributed by atoms with Crippen molar-refractivity contribution in [1.82, 2.24) is 0 Å². The van der Waals surface area contributed by atoms with E-state index >= 15 is 0 Å². The zero-order valence-corrected chi connectivity index (χ0v) is 15.3. The molecule has 134 valence electrons. The van der Waals surface area contributed by atoms with Crippen LogP contribution in [0.1, 0.15) is 90.9 Å². The highest BCUT2D eigenvalue weighted by molar-refractivity contribution is 7.40. The smallest absolute Gasteiger partial charge is 0.325 e. The number of rotatable bonds is 18. The van der Waals surface area contributed by atoms with Gasteiger partial charge in [0.1, 0.15) is 0 Å². The average molecular weight is 338 g/mol. The Balaban J connectivity index is 3.11. The first kappa shape index (κ1) is 22.2. The van der Waals surface area contributed by atoms with Crippen LogP contribution in [0.4, 0.5) is 0 Å². The van der Waals surface area contributed by atoms with Gasteiger partial charge in [0.2, 0.25) is 0 Å². The predicted octanol–water partition coefficient (Wildman–Crippen LogP) is 5.82. The summed E-state index contributed by atoms with van der Waals surface area (Å²) in [6.07, 6.45) is 14.2. The van der Waals surface area contributed by atoms with Crippen LogP contribution in [0.2, 0.25) is 0 Å². The molecule has 0 saturated carbocycles. The molecule has 0 radical (unpaired) electrons. The van der Waals surface area contributed by atoms with Gasteiger partial charge in [0.15, 0.2) is 0 Å². The molecule has 0 aliphatic carbocycles. The fourth-order valence-corrected chi connectivity index (χ4v) is 2.41. The maximum atomic E-state index is 9.36. The van der Waals surface area contributed by atoms with Crippen LogP contribution in [0.3, 0.4) is 0 Å². The molecule has 0 aromatic heterocycles. The lowest BCUT2D eigenvalue weighted by molar-refractivity contribution is -0.267. The van der Waals surface area contributed by atoms with E-state index in [1.165, 1.54) is 51.4 Å². The first-order valence-electron chi connectivity index (χ1n) is 8.89. The van der Waals surface area contributed by atoms with E-state index in [0.29, 0.717) is 13.2 Å².